The zero-order valence-corrected chi connectivity index (χ0v) is 17.0. The molecule has 0 spiro atoms. The van der Waals surface area contributed by atoms with Crippen LogP contribution < -0.4 is 16.0 Å². The molecule has 1 aliphatic heterocycles. The molecule has 0 unspecified atom stereocenters. The summed E-state index contributed by atoms with van der Waals surface area (Å²) in [5, 5.41) is 13.4. The lowest BCUT2D eigenvalue weighted by Gasteiger charge is -2.19. The van der Waals surface area contributed by atoms with Crippen LogP contribution in [0.15, 0.2) is 24.3 Å². The van der Waals surface area contributed by atoms with E-state index in [0.717, 1.165) is 38.2 Å². The van der Waals surface area contributed by atoms with Gasteiger partial charge in [-0.25, -0.2) is 4.68 Å². The Kier molecular flexibility index (Phi) is 7.95. The molecular formula is C19H27ClN6O2. The summed E-state index contributed by atoms with van der Waals surface area (Å²) in [4.78, 5) is 29.2. The molecule has 0 atom stereocenters. The van der Waals surface area contributed by atoms with Crippen LogP contribution in [0.3, 0.4) is 0 Å². The minimum atomic E-state index is -0.312. The molecule has 1 fully saturated rings. The quantitative estimate of drug-likeness (QED) is 0.682. The van der Waals surface area contributed by atoms with E-state index in [4.69, 9.17) is 0 Å². The largest absolute Gasteiger partial charge is 0.352 e. The molecule has 1 aromatic heterocycles. The molecule has 3 N–H and O–H groups in total. The second kappa shape index (κ2) is 10.2. The summed E-state index contributed by atoms with van der Waals surface area (Å²) < 4.78 is 1.59. The summed E-state index contributed by atoms with van der Waals surface area (Å²) in [5.74, 6) is 0.996. The van der Waals surface area contributed by atoms with Crippen molar-refractivity contribution in [3.63, 3.8) is 0 Å². The first-order valence-corrected chi connectivity index (χ1v) is 9.39. The standard InChI is InChI=1S/C19H26N6O2.ClH/c1-3-9-21-17(26)14-5-4-6-15(12-14)18(27)23-19-22-16(24-25(19)2)13-7-10-20-11-8-13;/h4-6,12-13,20H,3,7-11H2,1-2H3,(H,21,26)(H,22,23,24,27);1H. The highest BCUT2D eigenvalue weighted by Gasteiger charge is 2.21. The predicted molar refractivity (Wildman–Crippen MR) is 110 cm³/mol. The Balaban J connectivity index is 0.00000280. The predicted octanol–water partition coefficient (Wildman–Crippen LogP) is 2.10. The number of halogens is 1. The van der Waals surface area contributed by atoms with E-state index in [0.29, 0.717) is 29.5 Å². The van der Waals surface area contributed by atoms with Gasteiger partial charge in [-0.2, -0.15) is 10.1 Å². The van der Waals surface area contributed by atoms with Gasteiger partial charge in [-0.05, 0) is 50.6 Å². The monoisotopic (exact) mass is 406 g/mol. The molecule has 2 heterocycles. The number of carbonyl (C=O) groups is 2. The maximum absolute atomic E-state index is 12.6. The average molecular weight is 407 g/mol. The molecule has 152 valence electrons. The number of nitrogens with one attached hydrogen (secondary N) is 3. The van der Waals surface area contributed by atoms with Crippen molar-refractivity contribution in [2.75, 3.05) is 25.0 Å². The molecule has 0 saturated carbocycles. The van der Waals surface area contributed by atoms with E-state index in [-0.39, 0.29) is 24.2 Å². The van der Waals surface area contributed by atoms with E-state index in [1.54, 1.807) is 36.0 Å². The summed E-state index contributed by atoms with van der Waals surface area (Å²) in [5.41, 5.74) is 0.870. The maximum atomic E-state index is 12.6. The second-order valence-electron chi connectivity index (χ2n) is 6.73. The smallest absolute Gasteiger partial charge is 0.258 e. The van der Waals surface area contributed by atoms with Crippen molar-refractivity contribution in [2.45, 2.75) is 32.1 Å². The minimum Gasteiger partial charge on any atom is -0.352 e. The van der Waals surface area contributed by atoms with Crippen LogP contribution in [0.1, 0.15) is 58.6 Å². The summed E-state index contributed by atoms with van der Waals surface area (Å²) in [6.45, 7) is 4.51. The van der Waals surface area contributed by atoms with Crippen LogP contribution in [-0.2, 0) is 7.05 Å². The van der Waals surface area contributed by atoms with Crippen LogP contribution in [0.25, 0.3) is 0 Å². The van der Waals surface area contributed by atoms with Crippen molar-refractivity contribution in [2.24, 2.45) is 7.05 Å². The Labute approximate surface area is 170 Å². The molecule has 2 aromatic rings. The van der Waals surface area contributed by atoms with Gasteiger partial charge in [0.1, 0.15) is 0 Å². The number of hydrogen-bond donors (Lipinski definition) is 3. The molecule has 1 aliphatic rings. The summed E-state index contributed by atoms with van der Waals surface area (Å²) in [7, 11) is 1.77. The number of rotatable bonds is 6. The highest BCUT2D eigenvalue weighted by Crippen LogP contribution is 2.23. The van der Waals surface area contributed by atoms with Crippen LogP contribution in [0.2, 0.25) is 0 Å². The molecule has 0 bridgehead atoms. The molecule has 28 heavy (non-hydrogen) atoms. The van der Waals surface area contributed by atoms with Gasteiger partial charge in [0.05, 0.1) is 0 Å². The first kappa shape index (κ1) is 21.8. The van der Waals surface area contributed by atoms with E-state index >= 15 is 0 Å². The van der Waals surface area contributed by atoms with E-state index in [1.807, 2.05) is 6.92 Å². The third-order valence-electron chi connectivity index (χ3n) is 4.63. The van der Waals surface area contributed by atoms with Gasteiger partial charge in [0, 0.05) is 30.6 Å². The number of hydrogen-bond acceptors (Lipinski definition) is 5. The molecule has 9 heteroatoms. The van der Waals surface area contributed by atoms with Crippen molar-refractivity contribution in [3.8, 4) is 0 Å². The molecule has 0 aliphatic carbocycles. The number of aryl methyl sites for hydroxylation is 1. The SMILES string of the molecule is CCCNC(=O)c1cccc(C(=O)Nc2nc(C3CCNCC3)nn2C)c1.Cl. The van der Waals surface area contributed by atoms with Gasteiger partial charge in [0.25, 0.3) is 11.8 Å². The molecule has 1 aromatic carbocycles. The minimum absolute atomic E-state index is 0. The first-order chi connectivity index (χ1) is 13.1. The lowest BCUT2D eigenvalue weighted by atomic mass is 9.98. The number of benzene rings is 1. The second-order valence-corrected chi connectivity index (χ2v) is 6.73. The summed E-state index contributed by atoms with van der Waals surface area (Å²) in [6, 6.07) is 6.66. The third kappa shape index (κ3) is 5.30. The topological polar surface area (TPSA) is 101 Å². The number of anilines is 1. The van der Waals surface area contributed by atoms with Crippen molar-refractivity contribution < 1.29 is 9.59 Å². The van der Waals surface area contributed by atoms with Gasteiger partial charge >= 0.3 is 0 Å². The molecule has 1 saturated heterocycles. The average Bonchev–Trinajstić information content (AvgIpc) is 3.07. The van der Waals surface area contributed by atoms with Crippen LogP contribution >= 0.6 is 12.4 Å². The molecule has 8 nitrogen and oxygen atoms in total. The van der Waals surface area contributed by atoms with Gasteiger partial charge < -0.3 is 10.6 Å². The summed E-state index contributed by atoms with van der Waals surface area (Å²) >= 11 is 0. The number of aromatic nitrogens is 3. The van der Waals surface area contributed by atoms with E-state index in [2.05, 4.69) is 26.0 Å². The van der Waals surface area contributed by atoms with Crippen molar-refractivity contribution in [1.82, 2.24) is 25.4 Å². The summed E-state index contributed by atoms with van der Waals surface area (Å²) in [6.07, 6.45) is 2.84. The van der Waals surface area contributed by atoms with E-state index < -0.39 is 0 Å². The number of piperidine rings is 1. The highest BCUT2D eigenvalue weighted by molar-refractivity contribution is 6.05. The molecular weight excluding hydrogens is 380 g/mol. The van der Waals surface area contributed by atoms with Gasteiger partial charge in [-0.1, -0.05) is 13.0 Å². The normalized spacial score (nSPS) is 14.2. The zero-order chi connectivity index (χ0) is 19.2. The fourth-order valence-corrected chi connectivity index (χ4v) is 3.08. The van der Waals surface area contributed by atoms with Crippen LogP contribution in [0.5, 0.6) is 0 Å². The van der Waals surface area contributed by atoms with Gasteiger partial charge in [0.2, 0.25) is 5.95 Å². The lowest BCUT2D eigenvalue weighted by Crippen LogP contribution is -2.27. The fourth-order valence-electron chi connectivity index (χ4n) is 3.08. The third-order valence-corrected chi connectivity index (χ3v) is 4.63. The van der Waals surface area contributed by atoms with Crippen LogP contribution in [-0.4, -0.2) is 46.2 Å². The van der Waals surface area contributed by atoms with E-state index in [9.17, 15) is 9.59 Å². The molecule has 3 rings (SSSR count). The Bertz CT molecular complexity index is 817. The van der Waals surface area contributed by atoms with Gasteiger partial charge in [-0.15, -0.1) is 12.4 Å². The van der Waals surface area contributed by atoms with Crippen molar-refractivity contribution >= 4 is 30.2 Å². The Morgan fingerprint density at radius 3 is 2.57 bits per heavy atom. The Morgan fingerprint density at radius 1 is 1.21 bits per heavy atom. The first-order valence-electron chi connectivity index (χ1n) is 9.39. The Morgan fingerprint density at radius 2 is 1.89 bits per heavy atom. The molecule has 0 radical (unpaired) electrons. The van der Waals surface area contributed by atoms with Gasteiger partial charge in [0.15, 0.2) is 5.82 Å². The van der Waals surface area contributed by atoms with Gasteiger partial charge in [-0.3, -0.25) is 14.9 Å². The number of carbonyl (C=O) groups excluding carboxylic acids is 2. The van der Waals surface area contributed by atoms with Crippen LogP contribution in [0.4, 0.5) is 5.95 Å². The number of amides is 2. The zero-order valence-electron chi connectivity index (χ0n) is 16.2. The van der Waals surface area contributed by atoms with Crippen molar-refractivity contribution in [3.05, 3.63) is 41.2 Å². The number of nitrogens with zero attached hydrogens (tertiary/aromatic N) is 3. The maximum Gasteiger partial charge on any atom is 0.258 e. The van der Waals surface area contributed by atoms with Crippen molar-refractivity contribution in [1.29, 1.82) is 0 Å². The Hall–Kier alpha value is -2.45. The fraction of sp³-hybridized carbons (Fsp3) is 0.474. The van der Waals surface area contributed by atoms with E-state index in [1.165, 1.54) is 0 Å². The molecule has 2 amide bonds. The highest BCUT2D eigenvalue weighted by atomic mass is 35.5. The lowest BCUT2D eigenvalue weighted by molar-refractivity contribution is 0.0953. The van der Waals surface area contributed by atoms with Crippen LogP contribution in [0, 0.1) is 0 Å².